The summed E-state index contributed by atoms with van der Waals surface area (Å²) < 4.78 is 0. The summed E-state index contributed by atoms with van der Waals surface area (Å²) in [5, 5.41) is 3.30. The van der Waals surface area contributed by atoms with Gasteiger partial charge in [-0.15, -0.1) is 24.8 Å². The Morgan fingerprint density at radius 2 is 1.77 bits per heavy atom. The van der Waals surface area contributed by atoms with Crippen LogP contribution in [0.5, 0.6) is 0 Å². The molecule has 0 saturated heterocycles. The minimum Gasteiger partial charge on any atom is -0.376 e. The van der Waals surface area contributed by atoms with Crippen LogP contribution in [0.15, 0.2) is 0 Å². The van der Waals surface area contributed by atoms with Crippen molar-refractivity contribution in [3.05, 3.63) is 0 Å². The second kappa shape index (κ2) is 12.2. The van der Waals surface area contributed by atoms with Crippen LogP contribution in [0.25, 0.3) is 0 Å². The zero-order valence-electron chi connectivity index (χ0n) is 8.08. The maximum Gasteiger partial charge on any atom is 0.163 e. The first-order chi connectivity index (χ1) is 5.20. The topological polar surface area (TPSA) is 41.3 Å². The second-order valence-electron chi connectivity index (χ2n) is 2.32. The molecule has 0 aromatic heterocycles. The van der Waals surface area contributed by atoms with Crippen molar-refractivity contribution in [2.45, 2.75) is 13.8 Å². The van der Waals surface area contributed by atoms with Crippen molar-refractivity contribution in [2.75, 3.05) is 26.2 Å². The fourth-order valence-corrected chi connectivity index (χ4v) is 0.979. The van der Waals surface area contributed by atoms with Crippen LogP contribution in [0.1, 0.15) is 13.8 Å². The first-order valence-electron chi connectivity index (χ1n) is 3.96. The molecule has 0 aliphatic rings. The van der Waals surface area contributed by atoms with Crippen LogP contribution in [-0.2, 0) is 0 Å². The smallest absolute Gasteiger partial charge is 0.163 e. The highest BCUT2D eigenvalue weighted by Gasteiger charge is 1.96. The van der Waals surface area contributed by atoms with E-state index < -0.39 is 0 Å². The molecule has 0 bridgehead atoms. The van der Waals surface area contributed by atoms with Crippen molar-refractivity contribution in [1.82, 2.24) is 10.2 Å². The molecule has 3 N–H and O–H groups in total. The van der Waals surface area contributed by atoms with Gasteiger partial charge in [0.1, 0.15) is 0 Å². The summed E-state index contributed by atoms with van der Waals surface area (Å²) in [7, 11) is 0. The number of nitrogens with two attached hydrogens (primary N) is 1. The molecule has 0 aliphatic carbocycles. The molecule has 0 heterocycles. The molecule has 82 valence electrons. The fraction of sp³-hybridized carbons (Fsp3) is 0.857. The van der Waals surface area contributed by atoms with Crippen molar-refractivity contribution in [1.29, 1.82) is 0 Å². The first-order valence-corrected chi connectivity index (χ1v) is 4.37. The Labute approximate surface area is 98.2 Å². The number of hydrogen-bond donors (Lipinski definition) is 2. The van der Waals surface area contributed by atoms with Crippen molar-refractivity contribution in [2.24, 2.45) is 5.73 Å². The predicted octanol–water partition coefficient (Wildman–Crippen LogP) is 1.00. The molecule has 0 atom stereocenters. The number of nitrogens with one attached hydrogen (secondary N) is 1. The zero-order chi connectivity index (χ0) is 8.69. The Bertz CT molecular complexity index is 120. The normalized spacial score (nSPS) is 8.54. The Balaban J connectivity index is -0.000000500. The molecule has 0 aliphatic heterocycles. The summed E-state index contributed by atoms with van der Waals surface area (Å²) in [6, 6.07) is 0. The third kappa shape index (κ3) is 12.2. The van der Waals surface area contributed by atoms with Crippen molar-refractivity contribution in [3.8, 4) is 0 Å². The average molecular weight is 248 g/mol. The Morgan fingerprint density at radius 3 is 2.08 bits per heavy atom. The van der Waals surface area contributed by atoms with Crippen molar-refractivity contribution < 1.29 is 0 Å². The van der Waals surface area contributed by atoms with Crippen LogP contribution in [0.3, 0.4) is 0 Å². The number of hydrogen-bond acceptors (Lipinski definition) is 2. The number of nitrogens with zero attached hydrogens (tertiary/aromatic N) is 1. The van der Waals surface area contributed by atoms with Gasteiger partial charge in [0.15, 0.2) is 5.11 Å². The summed E-state index contributed by atoms with van der Waals surface area (Å²) >= 11 is 4.67. The van der Waals surface area contributed by atoms with E-state index in [1.165, 1.54) is 0 Å². The van der Waals surface area contributed by atoms with Gasteiger partial charge in [-0.2, -0.15) is 0 Å². The number of thiocarbonyl (C=S) groups is 1. The molecule has 0 fully saturated rings. The lowest BCUT2D eigenvalue weighted by Crippen LogP contribution is -2.37. The monoisotopic (exact) mass is 247 g/mol. The molecular weight excluding hydrogens is 229 g/mol. The highest BCUT2D eigenvalue weighted by molar-refractivity contribution is 7.80. The van der Waals surface area contributed by atoms with E-state index in [2.05, 4.69) is 36.3 Å². The molecule has 6 heteroatoms. The SMILES string of the molecule is CCN(CC)CCNC(N)=S.Cl.Cl. The highest BCUT2D eigenvalue weighted by Crippen LogP contribution is 1.83. The highest BCUT2D eigenvalue weighted by atomic mass is 35.5. The minimum absolute atomic E-state index is 0. The van der Waals surface area contributed by atoms with E-state index in [9.17, 15) is 0 Å². The van der Waals surface area contributed by atoms with E-state index in [-0.39, 0.29) is 24.8 Å². The van der Waals surface area contributed by atoms with Crippen molar-refractivity contribution in [3.63, 3.8) is 0 Å². The van der Waals surface area contributed by atoms with Crippen LogP contribution in [0.4, 0.5) is 0 Å². The molecule has 0 radical (unpaired) electrons. The molecule has 0 amide bonds. The summed E-state index contributed by atoms with van der Waals surface area (Å²) in [4.78, 5) is 2.31. The molecule has 0 aromatic rings. The van der Waals surface area contributed by atoms with E-state index >= 15 is 0 Å². The molecule has 0 aromatic carbocycles. The minimum atomic E-state index is 0. The van der Waals surface area contributed by atoms with Gasteiger partial charge < -0.3 is 16.0 Å². The Morgan fingerprint density at radius 1 is 1.31 bits per heavy atom. The fourth-order valence-electron chi connectivity index (χ4n) is 0.877. The Hall–Kier alpha value is 0.230. The maximum atomic E-state index is 5.26. The standard InChI is InChI=1S/C7H17N3S.2ClH/c1-3-10(4-2)6-5-9-7(8)11;;/h3-6H2,1-2H3,(H3,8,9,11);2*1H. The second-order valence-corrected chi connectivity index (χ2v) is 2.76. The molecule has 0 rings (SSSR count). The van der Waals surface area contributed by atoms with Gasteiger partial charge in [-0.1, -0.05) is 13.8 Å². The lowest BCUT2D eigenvalue weighted by molar-refractivity contribution is 0.308. The van der Waals surface area contributed by atoms with E-state index in [0.29, 0.717) is 5.11 Å². The van der Waals surface area contributed by atoms with Crippen LogP contribution in [-0.4, -0.2) is 36.2 Å². The van der Waals surface area contributed by atoms with Crippen LogP contribution in [0.2, 0.25) is 0 Å². The summed E-state index contributed by atoms with van der Waals surface area (Å²) in [6.45, 7) is 8.29. The molecule has 0 spiro atoms. The first kappa shape index (κ1) is 18.9. The average Bonchev–Trinajstić information content (AvgIpc) is 1.98. The third-order valence-electron chi connectivity index (χ3n) is 1.62. The van der Waals surface area contributed by atoms with Gasteiger partial charge in [-0.05, 0) is 25.3 Å². The van der Waals surface area contributed by atoms with Gasteiger partial charge in [0.05, 0.1) is 0 Å². The zero-order valence-corrected chi connectivity index (χ0v) is 10.5. The van der Waals surface area contributed by atoms with Crippen molar-refractivity contribution >= 4 is 42.1 Å². The van der Waals surface area contributed by atoms with E-state index in [1.807, 2.05) is 0 Å². The van der Waals surface area contributed by atoms with Gasteiger partial charge in [-0.3, -0.25) is 0 Å². The molecule has 0 saturated carbocycles. The Kier molecular flexibility index (Phi) is 17.8. The van der Waals surface area contributed by atoms with E-state index in [4.69, 9.17) is 5.73 Å². The van der Waals surface area contributed by atoms with E-state index in [1.54, 1.807) is 0 Å². The summed E-state index contributed by atoms with van der Waals surface area (Å²) in [6.07, 6.45) is 0. The molecule has 0 unspecified atom stereocenters. The summed E-state index contributed by atoms with van der Waals surface area (Å²) in [5.74, 6) is 0. The number of likely N-dealkylation sites (N-methyl/N-ethyl adjacent to an activating group) is 1. The number of halogens is 2. The number of rotatable bonds is 5. The lowest BCUT2D eigenvalue weighted by Gasteiger charge is -2.17. The quantitative estimate of drug-likeness (QED) is 0.712. The predicted molar refractivity (Wildman–Crippen MR) is 67.1 cm³/mol. The van der Waals surface area contributed by atoms with Crippen LogP contribution < -0.4 is 11.1 Å². The van der Waals surface area contributed by atoms with Gasteiger partial charge >= 0.3 is 0 Å². The molecule has 13 heavy (non-hydrogen) atoms. The third-order valence-corrected chi connectivity index (χ3v) is 1.77. The largest absolute Gasteiger partial charge is 0.376 e. The molecular formula is C7H19Cl2N3S. The lowest BCUT2D eigenvalue weighted by atomic mass is 10.5. The summed E-state index contributed by atoms with van der Waals surface area (Å²) in [5.41, 5.74) is 5.26. The van der Waals surface area contributed by atoms with Gasteiger partial charge in [0.25, 0.3) is 0 Å². The molecule has 3 nitrogen and oxygen atoms in total. The van der Waals surface area contributed by atoms with E-state index in [0.717, 1.165) is 26.2 Å². The van der Waals surface area contributed by atoms with Gasteiger partial charge in [-0.25, -0.2) is 0 Å². The van der Waals surface area contributed by atoms with Gasteiger partial charge in [0, 0.05) is 13.1 Å². The van der Waals surface area contributed by atoms with Crippen LogP contribution in [0, 0.1) is 0 Å². The van der Waals surface area contributed by atoms with Gasteiger partial charge in [0.2, 0.25) is 0 Å². The van der Waals surface area contributed by atoms with Crippen LogP contribution >= 0.6 is 37.0 Å². The maximum absolute atomic E-state index is 5.26.